The molecule has 1 saturated heterocycles. The summed E-state index contributed by atoms with van der Waals surface area (Å²) >= 11 is 0. The Morgan fingerprint density at radius 1 is 1.11 bits per heavy atom. The summed E-state index contributed by atoms with van der Waals surface area (Å²) in [5, 5.41) is 21.3. The Morgan fingerprint density at radius 2 is 1.80 bits per heavy atom. The third-order valence-corrected chi connectivity index (χ3v) is 5.77. The smallest absolute Gasteiger partial charge is 0.295 e. The number of ketones is 1. The van der Waals surface area contributed by atoms with Gasteiger partial charge in [-0.25, -0.2) is 0 Å². The van der Waals surface area contributed by atoms with Crippen molar-refractivity contribution in [2.45, 2.75) is 26.3 Å². The summed E-state index contributed by atoms with van der Waals surface area (Å²) in [7, 11) is 5.30. The molecule has 2 aromatic rings. The van der Waals surface area contributed by atoms with Crippen LogP contribution in [0.3, 0.4) is 0 Å². The van der Waals surface area contributed by atoms with Crippen molar-refractivity contribution in [2.75, 3.05) is 40.9 Å². The molecule has 0 aromatic heterocycles. The van der Waals surface area contributed by atoms with Gasteiger partial charge in [0.25, 0.3) is 11.7 Å². The number of hydrogen-bond acceptors (Lipinski definition) is 7. The van der Waals surface area contributed by atoms with Gasteiger partial charge in [-0.1, -0.05) is 19.9 Å². The molecule has 0 unspecified atom stereocenters. The van der Waals surface area contributed by atoms with Crippen molar-refractivity contribution in [3.8, 4) is 17.2 Å². The van der Waals surface area contributed by atoms with Gasteiger partial charge in [-0.15, -0.1) is 0 Å². The molecule has 188 valence electrons. The molecule has 0 radical (unpaired) electrons. The average molecular weight is 483 g/mol. The molecule has 2 N–H and O–H groups in total. The second kappa shape index (κ2) is 11.3. The van der Waals surface area contributed by atoms with Gasteiger partial charge in [0.15, 0.2) is 11.5 Å². The number of benzene rings is 2. The summed E-state index contributed by atoms with van der Waals surface area (Å²) < 4.78 is 10.9. The maximum Gasteiger partial charge on any atom is 0.295 e. The molecule has 1 aliphatic heterocycles. The van der Waals surface area contributed by atoms with Crippen LogP contribution in [0.25, 0.3) is 5.76 Å². The minimum atomic E-state index is -0.816. The number of carbonyl (C=O) groups is 2. The number of hydrogen-bond donors (Lipinski definition) is 2. The molecule has 0 bridgehead atoms. The highest BCUT2D eigenvalue weighted by molar-refractivity contribution is 6.46. The standard InChI is InChI=1S/C27H34N2O6/c1-17(2)16-35-20-10-7-18(8-11-20)25(31)23-24(19-9-12-21(30)22(15-19)34-5)29(27(33)26(23)32)14-6-13-28(3)4/h7-12,15,17,24,30-31H,6,13-14,16H2,1-5H3/t24-/m1/s1. The van der Waals surface area contributed by atoms with E-state index in [9.17, 15) is 19.8 Å². The van der Waals surface area contributed by atoms with Crippen LogP contribution in [0.2, 0.25) is 0 Å². The van der Waals surface area contributed by atoms with Crippen LogP contribution in [0.1, 0.15) is 37.4 Å². The largest absolute Gasteiger partial charge is 0.507 e. The maximum atomic E-state index is 13.2. The number of Topliss-reactive ketones (excluding diaryl/α,β-unsaturated/α-hetero) is 1. The molecule has 35 heavy (non-hydrogen) atoms. The van der Waals surface area contributed by atoms with E-state index in [-0.39, 0.29) is 22.8 Å². The summed E-state index contributed by atoms with van der Waals surface area (Å²) in [6.45, 7) is 5.72. The van der Waals surface area contributed by atoms with Crippen LogP contribution in [-0.4, -0.2) is 72.6 Å². The number of carbonyl (C=O) groups excluding carboxylic acids is 2. The summed E-state index contributed by atoms with van der Waals surface area (Å²) in [6.07, 6.45) is 0.646. The predicted octanol–water partition coefficient (Wildman–Crippen LogP) is 3.81. The first-order chi connectivity index (χ1) is 16.6. The predicted molar refractivity (Wildman–Crippen MR) is 134 cm³/mol. The van der Waals surface area contributed by atoms with E-state index in [0.717, 1.165) is 6.54 Å². The zero-order chi connectivity index (χ0) is 25.7. The fraction of sp³-hybridized carbons (Fsp3) is 0.407. The number of amides is 1. The van der Waals surface area contributed by atoms with Gasteiger partial charge >= 0.3 is 0 Å². The first-order valence-electron chi connectivity index (χ1n) is 11.7. The molecule has 1 atom stereocenters. The average Bonchev–Trinajstić information content (AvgIpc) is 3.07. The van der Waals surface area contributed by atoms with E-state index >= 15 is 0 Å². The molecule has 0 aliphatic carbocycles. The van der Waals surface area contributed by atoms with Gasteiger partial charge in [-0.05, 0) is 74.9 Å². The molecular formula is C27H34N2O6. The number of aromatic hydroxyl groups is 1. The van der Waals surface area contributed by atoms with E-state index in [1.165, 1.54) is 18.1 Å². The van der Waals surface area contributed by atoms with Crippen LogP contribution in [0.5, 0.6) is 17.2 Å². The number of aliphatic hydroxyl groups excluding tert-OH is 1. The SMILES string of the molecule is COc1cc([C@@H]2C(=C(O)c3ccc(OCC(C)C)cc3)C(=O)C(=O)N2CCCN(C)C)ccc1O. The summed E-state index contributed by atoms with van der Waals surface area (Å²) in [4.78, 5) is 29.7. The fourth-order valence-electron chi connectivity index (χ4n) is 4.01. The van der Waals surface area contributed by atoms with Gasteiger partial charge in [-0.3, -0.25) is 9.59 Å². The zero-order valence-corrected chi connectivity index (χ0v) is 20.9. The Hall–Kier alpha value is -3.52. The van der Waals surface area contributed by atoms with E-state index in [4.69, 9.17) is 9.47 Å². The highest BCUT2D eigenvalue weighted by atomic mass is 16.5. The van der Waals surface area contributed by atoms with Gasteiger partial charge in [0, 0.05) is 12.1 Å². The molecule has 0 saturated carbocycles. The third-order valence-electron chi connectivity index (χ3n) is 5.77. The number of methoxy groups -OCH3 is 1. The molecule has 1 amide bonds. The van der Waals surface area contributed by atoms with Gasteiger partial charge in [0.2, 0.25) is 0 Å². The van der Waals surface area contributed by atoms with Crippen LogP contribution >= 0.6 is 0 Å². The molecule has 8 nitrogen and oxygen atoms in total. The number of ether oxygens (including phenoxy) is 2. The number of rotatable bonds is 10. The van der Waals surface area contributed by atoms with Crippen LogP contribution in [0, 0.1) is 5.92 Å². The molecule has 1 fully saturated rings. The molecule has 1 heterocycles. The highest BCUT2D eigenvalue weighted by Crippen LogP contribution is 2.41. The first kappa shape index (κ1) is 26.1. The normalized spacial score (nSPS) is 17.5. The Balaban J connectivity index is 2.04. The number of aliphatic hydroxyl groups is 1. The van der Waals surface area contributed by atoms with Crippen LogP contribution < -0.4 is 9.47 Å². The van der Waals surface area contributed by atoms with Gasteiger partial charge < -0.3 is 29.5 Å². The molecule has 0 spiro atoms. The molecule has 2 aromatic carbocycles. The second-order valence-corrected chi connectivity index (χ2v) is 9.31. The Morgan fingerprint density at radius 3 is 2.40 bits per heavy atom. The van der Waals surface area contributed by atoms with Crippen molar-refractivity contribution < 1.29 is 29.3 Å². The zero-order valence-electron chi connectivity index (χ0n) is 20.9. The number of nitrogens with zero attached hydrogens (tertiary/aromatic N) is 2. The van der Waals surface area contributed by atoms with Crippen LogP contribution in [0.15, 0.2) is 48.0 Å². The Kier molecular flexibility index (Phi) is 8.40. The van der Waals surface area contributed by atoms with Gasteiger partial charge in [-0.2, -0.15) is 0 Å². The van der Waals surface area contributed by atoms with Crippen molar-refractivity contribution >= 4 is 17.4 Å². The fourth-order valence-corrected chi connectivity index (χ4v) is 4.01. The first-order valence-corrected chi connectivity index (χ1v) is 11.7. The topological polar surface area (TPSA) is 99.5 Å². The van der Waals surface area contributed by atoms with Gasteiger partial charge in [0.1, 0.15) is 11.5 Å². The molecular weight excluding hydrogens is 448 g/mol. The van der Waals surface area contributed by atoms with Crippen molar-refractivity contribution in [2.24, 2.45) is 5.92 Å². The van der Waals surface area contributed by atoms with Gasteiger partial charge in [0.05, 0.1) is 25.3 Å². The van der Waals surface area contributed by atoms with E-state index in [2.05, 4.69) is 13.8 Å². The number of likely N-dealkylation sites (tertiary alicyclic amines) is 1. The van der Waals surface area contributed by atoms with E-state index in [1.54, 1.807) is 36.4 Å². The summed E-state index contributed by atoms with van der Waals surface area (Å²) in [6, 6.07) is 10.6. The van der Waals surface area contributed by atoms with E-state index in [1.807, 2.05) is 19.0 Å². The lowest BCUT2D eigenvalue weighted by Gasteiger charge is -2.26. The number of phenols is 1. The maximum absolute atomic E-state index is 13.2. The molecule has 8 heteroatoms. The molecule has 3 rings (SSSR count). The van der Waals surface area contributed by atoms with Crippen molar-refractivity contribution in [3.63, 3.8) is 0 Å². The van der Waals surface area contributed by atoms with Crippen molar-refractivity contribution in [1.82, 2.24) is 9.80 Å². The van der Waals surface area contributed by atoms with Crippen LogP contribution in [-0.2, 0) is 9.59 Å². The van der Waals surface area contributed by atoms with Crippen molar-refractivity contribution in [3.05, 3.63) is 59.2 Å². The monoisotopic (exact) mass is 482 g/mol. The van der Waals surface area contributed by atoms with E-state index in [0.29, 0.717) is 42.4 Å². The Labute approximate surface area is 206 Å². The minimum Gasteiger partial charge on any atom is -0.507 e. The quantitative estimate of drug-likeness (QED) is 0.302. The summed E-state index contributed by atoms with van der Waals surface area (Å²) in [5.74, 6) is -0.492. The highest BCUT2D eigenvalue weighted by Gasteiger charge is 2.46. The summed E-state index contributed by atoms with van der Waals surface area (Å²) in [5.41, 5.74) is 0.967. The lowest BCUT2D eigenvalue weighted by atomic mass is 9.95. The molecule has 1 aliphatic rings. The third kappa shape index (κ3) is 5.95. The second-order valence-electron chi connectivity index (χ2n) is 9.31. The van der Waals surface area contributed by atoms with Crippen molar-refractivity contribution in [1.29, 1.82) is 0 Å². The number of phenolic OH excluding ortho intramolecular Hbond substituents is 1. The van der Waals surface area contributed by atoms with Crippen LogP contribution in [0.4, 0.5) is 0 Å². The lowest BCUT2D eigenvalue weighted by molar-refractivity contribution is -0.139. The minimum absolute atomic E-state index is 0.00319. The Bertz CT molecular complexity index is 1090. The lowest BCUT2D eigenvalue weighted by Crippen LogP contribution is -2.32. The van der Waals surface area contributed by atoms with E-state index < -0.39 is 17.7 Å².